The highest BCUT2D eigenvalue weighted by Gasteiger charge is 2.37. The fraction of sp³-hybridized carbons (Fsp3) is 0.312. The highest BCUT2D eigenvalue weighted by Crippen LogP contribution is 2.37. The quantitative estimate of drug-likeness (QED) is 0.236. The molecule has 4 rings (SSSR count). The first kappa shape index (κ1) is 29.6. The molecule has 2 N–H and O–H groups in total. The number of carboxylic acid groups (broad SMARTS) is 1. The Hall–Kier alpha value is -4.40. The van der Waals surface area contributed by atoms with Crippen molar-refractivity contribution in [2.45, 2.75) is 64.4 Å². The molecule has 0 bridgehead atoms. The summed E-state index contributed by atoms with van der Waals surface area (Å²) < 4.78 is 26.8. The van der Waals surface area contributed by atoms with Gasteiger partial charge in [0, 0.05) is 41.1 Å². The van der Waals surface area contributed by atoms with Crippen molar-refractivity contribution < 1.29 is 28.3 Å². The highest BCUT2D eigenvalue weighted by molar-refractivity contribution is 6.06. The van der Waals surface area contributed by atoms with E-state index in [1.165, 1.54) is 36.4 Å². The van der Waals surface area contributed by atoms with Crippen LogP contribution in [0.1, 0.15) is 64.4 Å². The summed E-state index contributed by atoms with van der Waals surface area (Å²) in [4.78, 5) is 34.6. The Balaban J connectivity index is 1.58. The predicted octanol–water partition coefficient (Wildman–Crippen LogP) is 7.23. The molecule has 1 unspecified atom stereocenters. The summed E-state index contributed by atoms with van der Waals surface area (Å²) in [5.41, 5.74) is 4.04. The first-order valence-electron chi connectivity index (χ1n) is 13.6. The van der Waals surface area contributed by atoms with E-state index < -0.39 is 11.6 Å². The van der Waals surface area contributed by atoms with Gasteiger partial charge in [-0.1, -0.05) is 29.4 Å². The molecule has 1 aliphatic carbocycles. The van der Waals surface area contributed by atoms with Crippen LogP contribution in [0, 0.1) is 11.6 Å². The molecule has 2 aromatic carbocycles. The van der Waals surface area contributed by atoms with Crippen LogP contribution in [0.3, 0.4) is 0 Å². The normalized spacial score (nSPS) is 23.0. The van der Waals surface area contributed by atoms with E-state index in [0.29, 0.717) is 55.5 Å². The molecule has 41 heavy (non-hydrogen) atoms. The monoisotopic (exact) mass is 561 g/mol. The van der Waals surface area contributed by atoms with E-state index in [1.54, 1.807) is 18.2 Å². The number of anilines is 1. The number of hydrogen-bond acceptors (Lipinski definition) is 5. The van der Waals surface area contributed by atoms with Crippen LogP contribution in [0.25, 0.3) is 0 Å². The van der Waals surface area contributed by atoms with Crippen molar-refractivity contribution in [1.82, 2.24) is 0 Å². The van der Waals surface area contributed by atoms with Gasteiger partial charge in [0.05, 0.1) is 5.71 Å². The van der Waals surface area contributed by atoms with Gasteiger partial charge in [0.1, 0.15) is 11.6 Å². The average molecular weight is 562 g/mol. The summed E-state index contributed by atoms with van der Waals surface area (Å²) in [5.74, 6) is -1.84. The summed E-state index contributed by atoms with van der Waals surface area (Å²) in [6.07, 6.45) is 8.89. The number of unbranched alkanes of at least 4 members (excludes halogenated alkanes) is 1. The molecule has 0 fully saturated rings. The van der Waals surface area contributed by atoms with Gasteiger partial charge in [0.15, 0.2) is 5.60 Å². The van der Waals surface area contributed by atoms with Crippen molar-refractivity contribution in [3.63, 3.8) is 0 Å². The Bertz CT molecular complexity index is 1440. The molecule has 1 atom stereocenters. The Kier molecular flexibility index (Phi) is 9.60. The van der Waals surface area contributed by atoms with Crippen molar-refractivity contribution in [3.05, 3.63) is 101 Å². The van der Waals surface area contributed by atoms with Crippen LogP contribution in [0.15, 0.2) is 93.8 Å². The van der Waals surface area contributed by atoms with Gasteiger partial charge >= 0.3 is 5.97 Å². The molecule has 0 radical (unpaired) electrons. The van der Waals surface area contributed by atoms with Crippen LogP contribution in [0.4, 0.5) is 14.5 Å². The Morgan fingerprint density at radius 2 is 1.66 bits per heavy atom. The molecular formula is C32H33F2N3O4. The summed E-state index contributed by atoms with van der Waals surface area (Å²) in [6, 6.07) is 11.7. The van der Waals surface area contributed by atoms with Crippen LogP contribution in [0.2, 0.25) is 0 Å². The fourth-order valence-corrected chi connectivity index (χ4v) is 4.65. The van der Waals surface area contributed by atoms with E-state index in [-0.39, 0.29) is 24.0 Å². The lowest BCUT2D eigenvalue weighted by atomic mass is 9.88. The highest BCUT2D eigenvalue weighted by atomic mass is 19.1. The number of nitrogens with zero attached hydrogens (tertiary/aromatic N) is 2. The summed E-state index contributed by atoms with van der Waals surface area (Å²) >= 11 is 0. The lowest BCUT2D eigenvalue weighted by Gasteiger charge is -2.22. The van der Waals surface area contributed by atoms with Gasteiger partial charge in [-0.2, -0.15) is 0 Å². The van der Waals surface area contributed by atoms with Crippen molar-refractivity contribution >= 4 is 29.0 Å². The lowest BCUT2D eigenvalue weighted by Crippen LogP contribution is -2.22. The molecule has 0 saturated heterocycles. The number of aliphatic imine (C=N–C) groups is 1. The standard InChI is InChI=1S/C32H33F2N3O4/c1-21(5-3-4-6-30(38)39)35-28-16-9-22(31(40)36-27-17-14-26(34)15-18-27)7-8-23(19-28)29-20-32(2,41-37-29)24-10-12-25(33)13-11-24/h7-8,10-15,17-19H,3-6,9,16,20H2,1-2H3,(H,36,40)(H,38,39)/b22-7+,23-8+,28-19+,35-21?. The van der Waals surface area contributed by atoms with E-state index in [0.717, 1.165) is 22.5 Å². The van der Waals surface area contributed by atoms with E-state index in [1.807, 2.05) is 26.0 Å². The second kappa shape index (κ2) is 13.3. The zero-order valence-electron chi connectivity index (χ0n) is 23.1. The number of carbonyl (C=O) groups is 2. The Morgan fingerprint density at radius 1 is 1.00 bits per heavy atom. The first-order valence-corrected chi connectivity index (χ1v) is 13.6. The largest absolute Gasteiger partial charge is 0.481 e. The molecule has 1 heterocycles. The van der Waals surface area contributed by atoms with Crippen LogP contribution < -0.4 is 5.32 Å². The smallest absolute Gasteiger partial charge is 0.303 e. The maximum absolute atomic E-state index is 13.5. The topological polar surface area (TPSA) is 100 Å². The van der Waals surface area contributed by atoms with Gasteiger partial charge in [-0.25, -0.2) is 8.78 Å². The molecule has 0 aromatic heterocycles. The van der Waals surface area contributed by atoms with E-state index in [4.69, 9.17) is 14.9 Å². The van der Waals surface area contributed by atoms with Crippen LogP contribution in [0.5, 0.6) is 0 Å². The minimum Gasteiger partial charge on any atom is -0.481 e. The van der Waals surface area contributed by atoms with Crippen LogP contribution in [-0.4, -0.2) is 28.4 Å². The van der Waals surface area contributed by atoms with Gasteiger partial charge < -0.3 is 15.3 Å². The van der Waals surface area contributed by atoms with Gasteiger partial charge in [0.25, 0.3) is 5.91 Å². The number of amides is 1. The second-order valence-corrected chi connectivity index (χ2v) is 10.4. The number of carbonyl (C=O) groups excluding carboxylic acids is 1. The molecule has 7 nitrogen and oxygen atoms in total. The van der Waals surface area contributed by atoms with E-state index >= 15 is 0 Å². The zero-order valence-corrected chi connectivity index (χ0v) is 23.1. The Labute approximate surface area is 238 Å². The fourth-order valence-electron chi connectivity index (χ4n) is 4.65. The number of rotatable bonds is 10. The minimum atomic E-state index is -0.817. The second-order valence-electron chi connectivity index (χ2n) is 10.4. The number of allylic oxidation sites excluding steroid dienone is 5. The summed E-state index contributed by atoms with van der Waals surface area (Å²) in [6.45, 7) is 3.80. The minimum absolute atomic E-state index is 0.118. The summed E-state index contributed by atoms with van der Waals surface area (Å²) in [7, 11) is 0. The Morgan fingerprint density at radius 3 is 2.34 bits per heavy atom. The van der Waals surface area contributed by atoms with Gasteiger partial charge in [-0.15, -0.1) is 0 Å². The van der Waals surface area contributed by atoms with E-state index in [9.17, 15) is 18.4 Å². The third-order valence-electron chi connectivity index (χ3n) is 6.99. The number of hydrogen-bond donors (Lipinski definition) is 2. The van der Waals surface area contributed by atoms with Crippen molar-refractivity contribution in [1.29, 1.82) is 0 Å². The maximum atomic E-state index is 13.5. The number of oxime groups is 1. The van der Waals surface area contributed by atoms with Gasteiger partial charge in [-0.3, -0.25) is 14.6 Å². The average Bonchev–Trinajstić information content (AvgIpc) is 3.32. The third-order valence-corrected chi connectivity index (χ3v) is 6.99. The SMILES string of the molecule is CC(CCCCC(=O)O)=N/C1=C/C(C2=NOC(C)(c3ccc(F)cc3)C2)=C\C=C(\C(=O)Nc2ccc(F)cc2)CC1. The predicted molar refractivity (Wildman–Crippen MR) is 155 cm³/mol. The molecule has 9 heteroatoms. The number of nitrogens with one attached hydrogen (secondary N) is 1. The van der Waals surface area contributed by atoms with Gasteiger partial charge in [-0.05, 0) is 94.0 Å². The molecule has 0 spiro atoms. The third kappa shape index (κ3) is 8.30. The van der Waals surface area contributed by atoms with Gasteiger partial charge in [0.2, 0.25) is 0 Å². The first-order chi connectivity index (χ1) is 19.6. The lowest BCUT2D eigenvalue weighted by molar-refractivity contribution is -0.137. The molecule has 2 aromatic rings. The zero-order chi connectivity index (χ0) is 29.4. The molecule has 1 amide bonds. The molecular weight excluding hydrogens is 528 g/mol. The molecule has 2 aliphatic rings. The molecule has 1 aliphatic heterocycles. The number of halogens is 2. The number of aliphatic carboxylic acids is 1. The number of carboxylic acids is 1. The van der Waals surface area contributed by atoms with Crippen molar-refractivity contribution in [2.75, 3.05) is 5.32 Å². The summed E-state index contributed by atoms with van der Waals surface area (Å²) in [5, 5.41) is 16.1. The molecule has 214 valence electrons. The number of benzene rings is 2. The molecule has 0 saturated carbocycles. The van der Waals surface area contributed by atoms with Crippen LogP contribution >= 0.6 is 0 Å². The van der Waals surface area contributed by atoms with Crippen molar-refractivity contribution in [2.24, 2.45) is 10.1 Å². The van der Waals surface area contributed by atoms with Crippen LogP contribution in [-0.2, 0) is 20.0 Å². The maximum Gasteiger partial charge on any atom is 0.303 e. The van der Waals surface area contributed by atoms with E-state index in [2.05, 4.69) is 10.5 Å². The van der Waals surface area contributed by atoms with Crippen molar-refractivity contribution in [3.8, 4) is 0 Å².